The number of rotatable bonds is 4. The molecule has 0 aliphatic heterocycles. The maximum atomic E-state index is 10.5. The van der Waals surface area contributed by atoms with E-state index in [0.717, 1.165) is 0 Å². The van der Waals surface area contributed by atoms with Gasteiger partial charge >= 0.3 is 5.97 Å². The Hall–Kier alpha value is -1.99. The lowest BCUT2D eigenvalue weighted by atomic mass is 10.2. The minimum atomic E-state index is -0.947. The van der Waals surface area contributed by atoms with Gasteiger partial charge in [-0.1, -0.05) is 17.7 Å². The summed E-state index contributed by atoms with van der Waals surface area (Å²) in [5.74, 6) is -0.947. The topological polar surface area (TPSA) is 73.1 Å². The number of aliphatic carboxylic acids is 1. The molecular weight excluding hydrogens is 240 g/mol. The van der Waals surface area contributed by atoms with Crippen molar-refractivity contribution in [3.8, 4) is 6.07 Å². The molecule has 0 fully saturated rings. The molecule has 0 aliphatic rings. The van der Waals surface area contributed by atoms with Gasteiger partial charge in [0.25, 0.3) is 0 Å². The van der Waals surface area contributed by atoms with Gasteiger partial charge in [-0.25, -0.2) is 4.79 Å². The number of halogens is 1. The molecule has 0 aromatic heterocycles. The van der Waals surface area contributed by atoms with E-state index in [1.54, 1.807) is 24.3 Å². The molecule has 0 aliphatic carbocycles. The zero-order valence-electron chi connectivity index (χ0n) is 9.20. The van der Waals surface area contributed by atoms with Crippen molar-refractivity contribution < 1.29 is 9.90 Å². The number of benzene rings is 1. The SMILES string of the molecule is C/C(=C/CNc1ccc(C#N)cc1Cl)C(=O)O. The molecule has 0 spiro atoms. The van der Waals surface area contributed by atoms with Crippen molar-refractivity contribution in [1.29, 1.82) is 5.26 Å². The Morgan fingerprint density at radius 1 is 1.65 bits per heavy atom. The van der Waals surface area contributed by atoms with Crippen LogP contribution in [0.2, 0.25) is 5.02 Å². The predicted molar refractivity (Wildman–Crippen MR) is 66.0 cm³/mol. The normalized spacial score (nSPS) is 10.8. The Labute approximate surface area is 104 Å². The largest absolute Gasteiger partial charge is 0.478 e. The molecule has 0 saturated heterocycles. The van der Waals surface area contributed by atoms with Crippen molar-refractivity contribution in [3.63, 3.8) is 0 Å². The quantitative estimate of drug-likeness (QED) is 0.806. The third kappa shape index (κ3) is 3.82. The van der Waals surface area contributed by atoms with E-state index in [0.29, 0.717) is 22.8 Å². The number of hydrogen-bond donors (Lipinski definition) is 2. The first-order valence-electron chi connectivity index (χ1n) is 4.88. The van der Waals surface area contributed by atoms with Crippen LogP contribution in [0.5, 0.6) is 0 Å². The molecule has 88 valence electrons. The van der Waals surface area contributed by atoms with Gasteiger partial charge < -0.3 is 10.4 Å². The monoisotopic (exact) mass is 250 g/mol. The second kappa shape index (κ2) is 5.92. The molecule has 4 nitrogen and oxygen atoms in total. The summed E-state index contributed by atoms with van der Waals surface area (Å²) in [4.78, 5) is 10.5. The number of nitriles is 1. The average Bonchev–Trinajstić information content (AvgIpc) is 2.30. The van der Waals surface area contributed by atoms with Crippen LogP contribution in [-0.4, -0.2) is 17.6 Å². The van der Waals surface area contributed by atoms with Crippen LogP contribution >= 0.6 is 11.6 Å². The molecule has 5 heteroatoms. The number of hydrogen-bond acceptors (Lipinski definition) is 3. The number of anilines is 1. The summed E-state index contributed by atoms with van der Waals surface area (Å²) in [6.07, 6.45) is 1.55. The first-order valence-corrected chi connectivity index (χ1v) is 5.26. The fourth-order valence-corrected chi connectivity index (χ4v) is 1.38. The molecule has 1 rings (SSSR count). The first kappa shape index (κ1) is 13.1. The van der Waals surface area contributed by atoms with Crippen LogP contribution in [0.4, 0.5) is 5.69 Å². The second-order valence-corrected chi connectivity index (χ2v) is 3.79. The highest BCUT2D eigenvalue weighted by Gasteiger charge is 2.01. The van der Waals surface area contributed by atoms with Crippen molar-refractivity contribution >= 4 is 23.3 Å². The van der Waals surface area contributed by atoms with Gasteiger partial charge in [0.15, 0.2) is 0 Å². The number of carbonyl (C=O) groups is 1. The summed E-state index contributed by atoms with van der Waals surface area (Å²) >= 11 is 5.94. The molecule has 0 heterocycles. The molecule has 1 aromatic carbocycles. The lowest BCUT2D eigenvalue weighted by molar-refractivity contribution is -0.132. The van der Waals surface area contributed by atoms with Crippen LogP contribution in [-0.2, 0) is 4.79 Å². The Balaban J connectivity index is 2.68. The third-order valence-corrected chi connectivity index (χ3v) is 2.45. The van der Waals surface area contributed by atoms with Crippen LogP contribution in [0.1, 0.15) is 12.5 Å². The van der Waals surface area contributed by atoms with Gasteiger partial charge in [-0.05, 0) is 25.1 Å². The third-order valence-electron chi connectivity index (χ3n) is 2.14. The summed E-state index contributed by atoms with van der Waals surface area (Å²) in [6, 6.07) is 6.86. The minimum Gasteiger partial charge on any atom is -0.478 e. The fraction of sp³-hybridized carbons (Fsp3) is 0.167. The Morgan fingerprint density at radius 2 is 2.35 bits per heavy atom. The predicted octanol–water partition coefficient (Wildman–Crippen LogP) is 2.65. The molecule has 0 saturated carbocycles. The molecule has 0 amide bonds. The van der Waals surface area contributed by atoms with Gasteiger partial charge in [0.05, 0.1) is 22.3 Å². The summed E-state index contributed by atoms with van der Waals surface area (Å²) in [5.41, 5.74) is 1.42. The number of nitrogens with one attached hydrogen (secondary N) is 1. The van der Waals surface area contributed by atoms with Crippen LogP contribution in [0.25, 0.3) is 0 Å². The molecule has 0 radical (unpaired) electrons. The average molecular weight is 251 g/mol. The highest BCUT2D eigenvalue weighted by Crippen LogP contribution is 2.22. The molecule has 1 aromatic rings. The Morgan fingerprint density at radius 3 is 2.88 bits per heavy atom. The Bertz CT molecular complexity index is 504. The van der Waals surface area contributed by atoms with Crippen LogP contribution in [0.3, 0.4) is 0 Å². The minimum absolute atomic E-state index is 0.266. The number of carboxylic acid groups (broad SMARTS) is 1. The van der Waals surface area contributed by atoms with E-state index >= 15 is 0 Å². The van der Waals surface area contributed by atoms with Gasteiger partial charge in [-0.3, -0.25) is 0 Å². The fourth-order valence-electron chi connectivity index (χ4n) is 1.13. The summed E-state index contributed by atoms with van der Waals surface area (Å²) in [7, 11) is 0. The zero-order valence-corrected chi connectivity index (χ0v) is 9.95. The first-order chi connectivity index (χ1) is 8.04. The van der Waals surface area contributed by atoms with Crippen LogP contribution < -0.4 is 5.32 Å². The van der Waals surface area contributed by atoms with Crippen molar-refractivity contribution in [2.45, 2.75) is 6.92 Å². The molecule has 17 heavy (non-hydrogen) atoms. The standard InChI is InChI=1S/C12H11ClN2O2/c1-8(12(16)17)4-5-15-11-3-2-9(7-14)6-10(11)13/h2-4,6,15H,5H2,1H3,(H,16,17)/b8-4-. The highest BCUT2D eigenvalue weighted by atomic mass is 35.5. The maximum Gasteiger partial charge on any atom is 0.331 e. The summed E-state index contributed by atoms with van der Waals surface area (Å²) < 4.78 is 0. The second-order valence-electron chi connectivity index (χ2n) is 3.38. The van der Waals surface area contributed by atoms with E-state index in [2.05, 4.69) is 5.32 Å². The Kier molecular flexibility index (Phi) is 4.56. The molecule has 0 atom stereocenters. The molecular formula is C12H11ClN2O2. The van der Waals surface area contributed by atoms with E-state index in [1.165, 1.54) is 6.92 Å². The lowest BCUT2D eigenvalue weighted by Gasteiger charge is -2.06. The van der Waals surface area contributed by atoms with E-state index < -0.39 is 5.97 Å². The van der Waals surface area contributed by atoms with Gasteiger partial charge in [-0.15, -0.1) is 0 Å². The summed E-state index contributed by atoms with van der Waals surface area (Å²) in [5, 5.41) is 20.7. The van der Waals surface area contributed by atoms with E-state index in [4.69, 9.17) is 22.0 Å². The van der Waals surface area contributed by atoms with Gasteiger partial charge in [0.1, 0.15) is 0 Å². The van der Waals surface area contributed by atoms with E-state index in [-0.39, 0.29) is 5.57 Å². The smallest absolute Gasteiger partial charge is 0.331 e. The van der Waals surface area contributed by atoms with Gasteiger partial charge in [0, 0.05) is 12.1 Å². The number of nitrogens with zero attached hydrogens (tertiary/aromatic N) is 1. The van der Waals surface area contributed by atoms with Crippen molar-refractivity contribution in [1.82, 2.24) is 0 Å². The zero-order chi connectivity index (χ0) is 12.8. The van der Waals surface area contributed by atoms with Crippen LogP contribution in [0.15, 0.2) is 29.8 Å². The molecule has 2 N–H and O–H groups in total. The van der Waals surface area contributed by atoms with Gasteiger partial charge in [0.2, 0.25) is 0 Å². The van der Waals surface area contributed by atoms with E-state index in [9.17, 15) is 4.79 Å². The van der Waals surface area contributed by atoms with Gasteiger partial charge in [-0.2, -0.15) is 5.26 Å². The number of carboxylic acids is 1. The van der Waals surface area contributed by atoms with Crippen molar-refractivity contribution in [2.75, 3.05) is 11.9 Å². The van der Waals surface area contributed by atoms with Crippen molar-refractivity contribution in [3.05, 3.63) is 40.4 Å². The molecule has 0 unspecified atom stereocenters. The molecule has 0 bridgehead atoms. The maximum absolute atomic E-state index is 10.5. The van der Waals surface area contributed by atoms with E-state index in [1.807, 2.05) is 6.07 Å². The summed E-state index contributed by atoms with van der Waals surface area (Å²) in [6.45, 7) is 1.88. The van der Waals surface area contributed by atoms with Crippen LogP contribution in [0, 0.1) is 11.3 Å². The lowest BCUT2D eigenvalue weighted by Crippen LogP contribution is -2.03. The van der Waals surface area contributed by atoms with Crippen molar-refractivity contribution in [2.24, 2.45) is 0 Å². The highest BCUT2D eigenvalue weighted by molar-refractivity contribution is 6.33.